The zero-order valence-electron chi connectivity index (χ0n) is 15.7. The number of fused-ring (bicyclic) bond motifs is 1. The summed E-state index contributed by atoms with van der Waals surface area (Å²) in [5.74, 6) is 4.23. The van der Waals surface area contributed by atoms with Gasteiger partial charge in [0.05, 0.1) is 6.61 Å². The highest BCUT2D eigenvalue weighted by Gasteiger charge is 2.42. The van der Waals surface area contributed by atoms with E-state index in [0.717, 1.165) is 62.8 Å². The third-order valence-corrected chi connectivity index (χ3v) is 6.40. The molecule has 0 aromatic carbocycles. The Morgan fingerprint density at radius 3 is 2.84 bits per heavy atom. The molecule has 5 nitrogen and oxygen atoms in total. The number of anilines is 1. The second kappa shape index (κ2) is 7.48. The lowest BCUT2D eigenvalue weighted by atomic mass is 9.80. The molecule has 4 unspecified atom stereocenters. The van der Waals surface area contributed by atoms with Crippen LogP contribution in [-0.4, -0.2) is 40.6 Å². The van der Waals surface area contributed by atoms with Crippen LogP contribution in [0.1, 0.15) is 64.1 Å². The van der Waals surface area contributed by atoms with Gasteiger partial charge >= 0.3 is 0 Å². The van der Waals surface area contributed by atoms with Crippen LogP contribution in [0.3, 0.4) is 0 Å². The maximum absolute atomic E-state index is 5.62. The lowest BCUT2D eigenvalue weighted by Gasteiger charge is -2.32. The minimum absolute atomic E-state index is 0.401. The molecule has 0 bridgehead atoms. The summed E-state index contributed by atoms with van der Waals surface area (Å²) in [6.45, 7) is 8.26. The summed E-state index contributed by atoms with van der Waals surface area (Å²) >= 11 is 0. The van der Waals surface area contributed by atoms with Gasteiger partial charge in [0.25, 0.3) is 0 Å². The van der Waals surface area contributed by atoms with Crippen LogP contribution in [0.5, 0.6) is 0 Å². The van der Waals surface area contributed by atoms with Gasteiger partial charge in [0.1, 0.15) is 5.82 Å². The maximum atomic E-state index is 5.62. The summed E-state index contributed by atoms with van der Waals surface area (Å²) in [7, 11) is 0. The van der Waals surface area contributed by atoms with Crippen molar-refractivity contribution >= 4 is 5.95 Å². The van der Waals surface area contributed by atoms with Crippen molar-refractivity contribution in [3.8, 4) is 0 Å². The molecule has 1 saturated carbocycles. The van der Waals surface area contributed by atoms with Gasteiger partial charge in [-0.15, -0.1) is 10.2 Å². The fraction of sp³-hybridized carbons (Fsp3) is 0.800. The van der Waals surface area contributed by atoms with Crippen molar-refractivity contribution in [2.45, 2.75) is 70.9 Å². The van der Waals surface area contributed by atoms with Crippen molar-refractivity contribution in [3.05, 3.63) is 18.0 Å². The minimum atomic E-state index is 0.401. The smallest absolute Gasteiger partial charge is 0.227 e. The van der Waals surface area contributed by atoms with Crippen LogP contribution >= 0.6 is 0 Å². The van der Waals surface area contributed by atoms with E-state index in [-0.39, 0.29) is 0 Å². The molecule has 5 heteroatoms. The zero-order valence-corrected chi connectivity index (χ0v) is 15.7. The number of hydrogen-bond acceptors (Lipinski definition) is 4. The number of allylic oxidation sites excluding steroid dienone is 2. The van der Waals surface area contributed by atoms with Crippen LogP contribution in [0.2, 0.25) is 0 Å². The van der Waals surface area contributed by atoms with E-state index >= 15 is 0 Å². The minimum Gasteiger partial charge on any atom is -0.381 e. The lowest BCUT2D eigenvalue weighted by Crippen LogP contribution is -2.36. The average molecular weight is 345 g/mol. The molecular formula is C20H32N4O. The second-order valence-electron chi connectivity index (χ2n) is 8.05. The summed E-state index contributed by atoms with van der Waals surface area (Å²) < 4.78 is 7.99. The summed E-state index contributed by atoms with van der Waals surface area (Å²) in [6.07, 6.45) is 12.1. The van der Waals surface area contributed by atoms with Crippen LogP contribution in [0.4, 0.5) is 5.95 Å². The largest absolute Gasteiger partial charge is 0.381 e. The number of nitrogens with zero attached hydrogens (tertiary/aromatic N) is 4. The van der Waals surface area contributed by atoms with Gasteiger partial charge in [0, 0.05) is 31.7 Å². The van der Waals surface area contributed by atoms with Crippen LogP contribution in [0, 0.1) is 11.8 Å². The van der Waals surface area contributed by atoms with E-state index in [1.54, 1.807) is 0 Å². The molecule has 2 saturated heterocycles. The predicted octanol–water partition coefficient (Wildman–Crippen LogP) is 3.76. The van der Waals surface area contributed by atoms with Gasteiger partial charge in [-0.2, -0.15) is 0 Å². The second-order valence-corrected chi connectivity index (χ2v) is 8.05. The first-order valence-corrected chi connectivity index (χ1v) is 10.2. The Bertz CT molecular complexity index is 605. The van der Waals surface area contributed by atoms with Gasteiger partial charge in [0.2, 0.25) is 5.95 Å². The molecule has 2 aliphatic heterocycles. The van der Waals surface area contributed by atoms with Crippen LogP contribution in [-0.2, 0) is 11.3 Å². The summed E-state index contributed by atoms with van der Waals surface area (Å²) in [5, 5.41) is 9.34. The average Bonchev–Trinajstić information content (AvgIpc) is 3.34. The molecule has 0 radical (unpaired) electrons. The molecule has 1 aliphatic carbocycles. The fourth-order valence-electron chi connectivity index (χ4n) is 5.08. The molecule has 0 N–H and O–H groups in total. The van der Waals surface area contributed by atoms with Crippen molar-refractivity contribution in [2.24, 2.45) is 11.8 Å². The first kappa shape index (κ1) is 17.1. The van der Waals surface area contributed by atoms with Crippen LogP contribution in [0.15, 0.2) is 12.2 Å². The van der Waals surface area contributed by atoms with E-state index < -0.39 is 0 Å². The van der Waals surface area contributed by atoms with Crippen molar-refractivity contribution in [3.63, 3.8) is 0 Å². The Hall–Kier alpha value is -1.36. The number of ether oxygens (including phenoxy) is 1. The van der Waals surface area contributed by atoms with Crippen molar-refractivity contribution in [1.82, 2.24) is 14.8 Å². The van der Waals surface area contributed by atoms with Gasteiger partial charge in [-0.25, -0.2) is 0 Å². The van der Waals surface area contributed by atoms with E-state index in [0.29, 0.717) is 12.0 Å². The quantitative estimate of drug-likeness (QED) is 0.763. The third-order valence-electron chi connectivity index (χ3n) is 6.40. The molecule has 3 fully saturated rings. The van der Waals surface area contributed by atoms with Gasteiger partial charge in [-0.05, 0) is 37.5 Å². The Morgan fingerprint density at radius 2 is 2.04 bits per heavy atom. The zero-order chi connectivity index (χ0) is 17.2. The molecule has 0 spiro atoms. The Morgan fingerprint density at radius 1 is 1.16 bits per heavy atom. The Kier molecular flexibility index (Phi) is 5.11. The molecular weight excluding hydrogens is 312 g/mol. The highest BCUT2D eigenvalue weighted by molar-refractivity contribution is 5.37. The Labute approximate surface area is 151 Å². The number of aromatic nitrogens is 3. The van der Waals surface area contributed by atoms with Crippen molar-refractivity contribution in [1.29, 1.82) is 0 Å². The van der Waals surface area contributed by atoms with E-state index in [2.05, 4.69) is 40.6 Å². The molecule has 1 aromatic heterocycles. The van der Waals surface area contributed by atoms with Crippen LogP contribution < -0.4 is 4.90 Å². The van der Waals surface area contributed by atoms with Crippen molar-refractivity contribution in [2.75, 3.05) is 24.7 Å². The molecule has 4 atom stereocenters. The number of rotatable bonds is 5. The highest BCUT2D eigenvalue weighted by atomic mass is 16.5. The van der Waals surface area contributed by atoms with Gasteiger partial charge < -0.3 is 9.64 Å². The van der Waals surface area contributed by atoms with Crippen LogP contribution in [0.25, 0.3) is 0 Å². The normalized spacial score (nSPS) is 32.6. The molecule has 3 heterocycles. The van der Waals surface area contributed by atoms with Gasteiger partial charge in [-0.1, -0.05) is 38.8 Å². The van der Waals surface area contributed by atoms with E-state index in [1.165, 1.54) is 25.7 Å². The standard InChI is InChI=1S/C20H32N4O/c1-3-4-7-11-23-19(16-10-12-25-14-16)21-22-20(23)24-13-15(2)17-8-5-6-9-18(17)24/h4,7,15-18H,3,5-6,8-14H2,1-2H3/b7-4-. The van der Waals surface area contributed by atoms with E-state index in [9.17, 15) is 0 Å². The monoisotopic (exact) mass is 344 g/mol. The molecule has 0 amide bonds. The number of hydrogen-bond donors (Lipinski definition) is 0. The highest BCUT2D eigenvalue weighted by Crippen LogP contribution is 2.42. The third kappa shape index (κ3) is 3.23. The molecule has 25 heavy (non-hydrogen) atoms. The van der Waals surface area contributed by atoms with E-state index in [4.69, 9.17) is 9.84 Å². The van der Waals surface area contributed by atoms with E-state index in [1.807, 2.05) is 0 Å². The molecule has 4 rings (SSSR count). The summed E-state index contributed by atoms with van der Waals surface area (Å²) in [6, 6.07) is 0.662. The van der Waals surface area contributed by atoms with Gasteiger partial charge in [-0.3, -0.25) is 4.57 Å². The summed E-state index contributed by atoms with van der Waals surface area (Å²) in [4.78, 5) is 2.58. The SMILES string of the molecule is CC/C=C\Cn1c(C2CCOC2)nnc1N1CC(C)C2CCCCC21. The summed E-state index contributed by atoms with van der Waals surface area (Å²) in [5.41, 5.74) is 0. The molecule has 138 valence electrons. The maximum Gasteiger partial charge on any atom is 0.227 e. The fourth-order valence-corrected chi connectivity index (χ4v) is 5.08. The molecule has 3 aliphatic rings. The topological polar surface area (TPSA) is 43.2 Å². The Balaban J connectivity index is 1.64. The van der Waals surface area contributed by atoms with Crippen molar-refractivity contribution < 1.29 is 4.74 Å². The lowest BCUT2D eigenvalue weighted by molar-refractivity contribution is 0.192. The first-order valence-electron chi connectivity index (χ1n) is 10.2. The predicted molar refractivity (Wildman–Crippen MR) is 99.9 cm³/mol. The molecule has 1 aromatic rings. The first-order chi connectivity index (χ1) is 12.3. The van der Waals surface area contributed by atoms with Gasteiger partial charge in [0.15, 0.2) is 0 Å².